The standard InChI is InChI=1S/C22H23N3O4/c1-25-9-8-23-21(25)20(15-10-16(27-2)13-17(11-15)28-3)24-22(26)19-12-14-6-4-5-7-18(14)29-19/h4-11,13,19-20H,12H2,1-3H3,(H,24,26). The van der Waals surface area contributed by atoms with Gasteiger partial charge in [-0.05, 0) is 29.3 Å². The second kappa shape index (κ2) is 7.87. The Labute approximate surface area is 169 Å². The zero-order chi connectivity index (χ0) is 20.4. The average Bonchev–Trinajstić information content (AvgIpc) is 3.37. The fraction of sp³-hybridized carbons (Fsp3) is 0.273. The molecule has 2 heterocycles. The number of aromatic nitrogens is 2. The summed E-state index contributed by atoms with van der Waals surface area (Å²) >= 11 is 0. The minimum absolute atomic E-state index is 0.198. The Morgan fingerprint density at radius 2 is 1.93 bits per heavy atom. The van der Waals surface area contributed by atoms with Crippen LogP contribution in [0.4, 0.5) is 0 Å². The van der Waals surface area contributed by atoms with E-state index in [4.69, 9.17) is 14.2 Å². The maximum absolute atomic E-state index is 13.1. The highest BCUT2D eigenvalue weighted by Crippen LogP contribution is 2.31. The van der Waals surface area contributed by atoms with Crippen molar-refractivity contribution in [3.8, 4) is 17.2 Å². The second-order valence-corrected chi connectivity index (χ2v) is 6.90. The first-order chi connectivity index (χ1) is 14.1. The number of methoxy groups -OCH3 is 2. The molecule has 0 bridgehead atoms. The maximum atomic E-state index is 13.1. The molecule has 0 aliphatic carbocycles. The summed E-state index contributed by atoms with van der Waals surface area (Å²) in [6.07, 6.45) is 3.50. The molecule has 1 aromatic heterocycles. The third-order valence-corrected chi connectivity index (χ3v) is 5.05. The van der Waals surface area contributed by atoms with E-state index >= 15 is 0 Å². The molecule has 2 aromatic carbocycles. The molecular weight excluding hydrogens is 370 g/mol. The average molecular weight is 393 g/mol. The number of nitrogens with zero attached hydrogens (tertiary/aromatic N) is 2. The van der Waals surface area contributed by atoms with Gasteiger partial charge in [-0.25, -0.2) is 4.98 Å². The van der Waals surface area contributed by atoms with E-state index in [9.17, 15) is 4.79 Å². The molecule has 0 radical (unpaired) electrons. The fourth-order valence-electron chi connectivity index (χ4n) is 3.51. The number of aryl methyl sites for hydroxylation is 1. The molecule has 0 fully saturated rings. The number of imidazole rings is 1. The van der Waals surface area contributed by atoms with Crippen molar-refractivity contribution in [2.45, 2.75) is 18.6 Å². The van der Waals surface area contributed by atoms with E-state index in [1.165, 1.54) is 0 Å². The zero-order valence-electron chi connectivity index (χ0n) is 16.6. The molecule has 7 nitrogen and oxygen atoms in total. The van der Waals surface area contributed by atoms with E-state index in [1.54, 1.807) is 26.5 Å². The first kappa shape index (κ1) is 18.9. The molecule has 1 N–H and O–H groups in total. The molecule has 0 saturated heterocycles. The first-order valence-electron chi connectivity index (χ1n) is 9.34. The van der Waals surface area contributed by atoms with Crippen molar-refractivity contribution in [1.29, 1.82) is 0 Å². The Bertz CT molecular complexity index is 983. The van der Waals surface area contributed by atoms with E-state index in [0.717, 1.165) is 16.9 Å². The highest BCUT2D eigenvalue weighted by atomic mass is 16.5. The molecule has 1 aliphatic heterocycles. The van der Waals surface area contributed by atoms with Crippen molar-refractivity contribution in [1.82, 2.24) is 14.9 Å². The van der Waals surface area contributed by atoms with Gasteiger partial charge in [-0.2, -0.15) is 0 Å². The van der Waals surface area contributed by atoms with Crippen LogP contribution in [0, 0.1) is 0 Å². The molecule has 7 heteroatoms. The summed E-state index contributed by atoms with van der Waals surface area (Å²) in [7, 11) is 5.08. The fourth-order valence-corrected chi connectivity index (χ4v) is 3.51. The number of carbonyl (C=O) groups excluding carboxylic acids is 1. The van der Waals surface area contributed by atoms with Crippen LogP contribution in [0.2, 0.25) is 0 Å². The van der Waals surface area contributed by atoms with Crippen molar-refractivity contribution in [3.63, 3.8) is 0 Å². The van der Waals surface area contributed by atoms with Crippen molar-refractivity contribution in [3.05, 3.63) is 71.8 Å². The molecule has 29 heavy (non-hydrogen) atoms. The van der Waals surface area contributed by atoms with Crippen molar-refractivity contribution < 1.29 is 19.0 Å². The third-order valence-electron chi connectivity index (χ3n) is 5.05. The summed E-state index contributed by atoms with van der Waals surface area (Å²) in [6.45, 7) is 0. The van der Waals surface area contributed by atoms with E-state index in [2.05, 4.69) is 10.3 Å². The van der Waals surface area contributed by atoms with E-state index in [0.29, 0.717) is 23.7 Å². The Balaban J connectivity index is 1.64. The molecule has 150 valence electrons. The number of benzene rings is 2. The number of para-hydroxylation sites is 1. The number of ether oxygens (including phenoxy) is 3. The van der Waals surface area contributed by atoms with Crippen molar-refractivity contribution >= 4 is 5.91 Å². The molecular formula is C22H23N3O4. The number of fused-ring (bicyclic) bond motifs is 1. The summed E-state index contributed by atoms with van der Waals surface area (Å²) in [5.74, 6) is 2.53. The van der Waals surface area contributed by atoms with Gasteiger partial charge in [0.1, 0.15) is 29.1 Å². The van der Waals surface area contributed by atoms with Gasteiger partial charge in [0.25, 0.3) is 5.91 Å². The van der Waals surface area contributed by atoms with Gasteiger partial charge >= 0.3 is 0 Å². The molecule has 1 aliphatic rings. The Hall–Kier alpha value is -3.48. The molecule has 0 saturated carbocycles. The molecule has 3 aromatic rings. The van der Waals surface area contributed by atoms with Gasteiger partial charge in [-0.3, -0.25) is 4.79 Å². The van der Waals surface area contributed by atoms with Crippen LogP contribution in [-0.2, 0) is 18.3 Å². The van der Waals surface area contributed by atoms with Crippen LogP contribution in [0.3, 0.4) is 0 Å². The highest BCUT2D eigenvalue weighted by Gasteiger charge is 2.32. The molecule has 1 amide bonds. The Morgan fingerprint density at radius 3 is 2.55 bits per heavy atom. The molecule has 2 atom stereocenters. The van der Waals surface area contributed by atoms with E-state index < -0.39 is 12.1 Å². The Morgan fingerprint density at radius 1 is 1.21 bits per heavy atom. The van der Waals surface area contributed by atoms with Crippen molar-refractivity contribution in [2.75, 3.05) is 14.2 Å². The van der Waals surface area contributed by atoms with E-state index in [-0.39, 0.29) is 5.91 Å². The number of amides is 1. The lowest BCUT2D eigenvalue weighted by Crippen LogP contribution is -2.40. The van der Waals surface area contributed by atoms with Gasteiger partial charge < -0.3 is 24.1 Å². The van der Waals surface area contributed by atoms with Crippen LogP contribution in [-0.4, -0.2) is 35.8 Å². The summed E-state index contributed by atoms with van der Waals surface area (Å²) in [6, 6.07) is 12.7. The summed E-state index contributed by atoms with van der Waals surface area (Å²) < 4.78 is 18.5. The van der Waals surface area contributed by atoms with Gasteiger partial charge in [-0.1, -0.05) is 18.2 Å². The predicted molar refractivity (Wildman–Crippen MR) is 107 cm³/mol. The van der Waals surface area contributed by atoms with Crippen LogP contribution in [0.5, 0.6) is 17.2 Å². The Kier molecular flexibility index (Phi) is 5.12. The minimum atomic E-state index is -0.581. The van der Waals surface area contributed by atoms with Crippen LogP contribution in [0.25, 0.3) is 0 Å². The maximum Gasteiger partial charge on any atom is 0.262 e. The van der Waals surface area contributed by atoms with E-state index in [1.807, 2.05) is 54.2 Å². The quantitative estimate of drug-likeness (QED) is 0.697. The normalized spacial score (nSPS) is 15.9. The van der Waals surface area contributed by atoms with Crippen molar-refractivity contribution in [2.24, 2.45) is 7.05 Å². The number of rotatable bonds is 6. The van der Waals surface area contributed by atoms with Gasteiger partial charge in [0.2, 0.25) is 0 Å². The smallest absolute Gasteiger partial charge is 0.262 e. The predicted octanol–water partition coefficient (Wildman–Crippen LogP) is 2.65. The lowest BCUT2D eigenvalue weighted by molar-refractivity contribution is -0.127. The topological polar surface area (TPSA) is 74.6 Å². The number of carbonyl (C=O) groups is 1. The largest absolute Gasteiger partial charge is 0.497 e. The third kappa shape index (κ3) is 3.76. The van der Waals surface area contributed by atoms with Gasteiger partial charge in [0.05, 0.1) is 14.2 Å². The summed E-state index contributed by atoms with van der Waals surface area (Å²) in [5.41, 5.74) is 1.84. The number of nitrogens with one attached hydrogen (secondary N) is 1. The molecule has 4 rings (SSSR count). The summed E-state index contributed by atoms with van der Waals surface area (Å²) in [4.78, 5) is 17.5. The lowest BCUT2D eigenvalue weighted by atomic mass is 10.0. The van der Waals surface area contributed by atoms with Crippen LogP contribution in [0.15, 0.2) is 54.9 Å². The zero-order valence-corrected chi connectivity index (χ0v) is 16.6. The van der Waals surface area contributed by atoms with Crippen LogP contribution >= 0.6 is 0 Å². The first-order valence-corrected chi connectivity index (χ1v) is 9.34. The number of hydrogen-bond acceptors (Lipinski definition) is 5. The van der Waals surface area contributed by atoms with Crippen LogP contribution < -0.4 is 19.5 Å². The van der Waals surface area contributed by atoms with Crippen LogP contribution in [0.1, 0.15) is 23.0 Å². The van der Waals surface area contributed by atoms with Gasteiger partial charge in [-0.15, -0.1) is 0 Å². The van der Waals surface area contributed by atoms with Gasteiger partial charge in [0, 0.05) is 31.9 Å². The minimum Gasteiger partial charge on any atom is -0.497 e. The lowest BCUT2D eigenvalue weighted by Gasteiger charge is -2.22. The summed E-state index contributed by atoms with van der Waals surface area (Å²) in [5, 5.41) is 3.10. The monoisotopic (exact) mass is 393 g/mol. The number of hydrogen-bond donors (Lipinski definition) is 1. The highest BCUT2D eigenvalue weighted by molar-refractivity contribution is 5.83. The second-order valence-electron chi connectivity index (χ2n) is 6.90. The van der Waals surface area contributed by atoms with Gasteiger partial charge in [0.15, 0.2) is 6.10 Å². The molecule has 0 spiro atoms. The SMILES string of the molecule is COc1cc(OC)cc(C(NC(=O)C2Cc3ccccc3O2)c2nccn2C)c1. The molecule has 2 unspecified atom stereocenters.